The minimum atomic E-state index is -0.425. The Morgan fingerprint density at radius 3 is 2.81 bits per heavy atom. The van der Waals surface area contributed by atoms with Gasteiger partial charge < -0.3 is 19.5 Å². The van der Waals surface area contributed by atoms with Crippen LogP contribution in [-0.4, -0.2) is 65.5 Å². The van der Waals surface area contributed by atoms with Crippen LogP contribution in [0.5, 0.6) is 5.75 Å². The van der Waals surface area contributed by atoms with Crippen LogP contribution in [-0.2, 0) is 24.8 Å². The number of nitrogens with zero attached hydrogens (tertiary/aromatic N) is 3. The number of pyridine rings is 1. The number of carbonyl (C=O) groups excluding carboxylic acids is 2. The molecule has 1 atom stereocenters. The third-order valence-electron chi connectivity index (χ3n) is 6.01. The first-order valence-electron chi connectivity index (χ1n) is 10.6. The van der Waals surface area contributed by atoms with Crippen molar-refractivity contribution in [1.82, 2.24) is 19.7 Å². The van der Waals surface area contributed by atoms with E-state index in [-0.39, 0.29) is 17.4 Å². The van der Waals surface area contributed by atoms with Gasteiger partial charge in [-0.15, -0.1) is 0 Å². The molecule has 2 amide bonds. The minimum Gasteiger partial charge on any atom is -0.493 e. The van der Waals surface area contributed by atoms with E-state index in [1.54, 1.807) is 11.9 Å². The van der Waals surface area contributed by atoms with Crippen LogP contribution in [0.2, 0.25) is 0 Å². The summed E-state index contributed by atoms with van der Waals surface area (Å²) in [6.45, 7) is 2.64. The number of rotatable bonds is 4. The number of ether oxygens (including phenoxy) is 1. The highest BCUT2D eigenvalue weighted by atomic mass is 16.5. The van der Waals surface area contributed by atoms with Gasteiger partial charge in [-0.1, -0.05) is 12.1 Å². The van der Waals surface area contributed by atoms with E-state index in [9.17, 15) is 14.4 Å². The van der Waals surface area contributed by atoms with Crippen LogP contribution in [0, 0.1) is 0 Å². The van der Waals surface area contributed by atoms with Crippen molar-refractivity contribution in [2.24, 2.45) is 7.05 Å². The minimum absolute atomic E-state index is 0.102. The summed E-state index contributed by atoms with van der Waals surface area (Å²) in [5.41, 5.74) is 2.50. The molecule has 2 aliphatic heterocycles. The van der Waals surface area contributed by atoms with Crippen molar-refractivity contribution in [3.05, 3.63) is 63.6 Å². The average Bonchev–Trinajstić information content (AvgIpc) is 2.79. The van der Waals surface area contributed by atoms with Gasteiger partial charge in [-0.2, -0.15) is 0 Å². The maximum absolute atomic E-state index is 12.9. The Morgan fingerprint density at radius 1 is 1.16 bits per heavy atom. The van der Waals surface area contributed by atoms with E-state index in [2.05, 4.69) is 11.4 Å². The molecule has 1 aromatic heterocycles. The lowest BCUT2D eigenvalue weighted by Crippen LogP contribution is -2.58. The molecule has 1 aromatic carbocycles. The van der Waals surface area contributed by atoms with Crippen molar-refractivity contribution in [2.75, 3.05) is 33.3 Å². The van der Waals surface area contributed by atoms with Crippen molar-refractivity contribution in [3.63, 3.8) is 0 Å². The fourth-order valence-electron chi connectivity index (χ4n) is 4.07. The number of hydrogen-bond acceptors (Lipinski definition) is 5. The Balaban J connectivity index is 1.39. The van der Waals surface area contributed by atoms with Crippen LogP contribution in [0.25, 0.3) is 0 Å². The largest absolute Gasteiger partial charge is 0.493 e. The molecule has 1 N–H and O–H groups in total. The van der Waals surface area contributed by atoms with Gasteiger partial charge in [-0.3, -0.25) is 19.3 Å². The molecular weight excluding hydrogens is 396 g/mol. The molecule has 164 valence electrons. The molecule has 0 aliphatic carbocycles. The number of carbonyl (C=O) groups is 2. The molecule has 0 radical (unpaired) electrons. The number of aromatic nitrogens is 1. The molecule has 2 aliphatic rings. The molecule has 0 spiro atoms. The first kappa shape index (κ1) is 21.1. The lowest BCUT2D eigenvalue weighted by Gasteiger charge is -2.38. The summed E-state index contributed by atoms with van der Waals surface area (Å²) in [6, 6.07) is 8.54. The van der Waals surface area contributed by atoms with Gasteiger partial charge in [0.15, 0.2) is 0 Å². The molecule has 8 nitrogen and oxygen atoms in total. The third kappa shape index (κ3) is 4.64. The Kier molecular flexibility index (Phi) is 6.08. The van der Waals surface area contributed by atoms with Gasteiger partial charge >= 0.3 is 0 Å². The molecule has 1 unspecified atom stereocenters. The predicted octanol–water partition coefficient (Wildman–Crippen LogP) is 0.783. The van der Waals surface area contributed by atoms with Crippen LogP contribution in [0.3, 0.4) is 0 Å². The lowest BCUT2D eigenvalue weighted by molar-refractivity contribution is -0.127. The monoisotopic (exact) mass is 424 g/mol. The standard InChI is InChI=1S/C23H28N4O4/c1-25-9-10-27(23(30)18-6-8-21(28)26(2)14-18)15-19(25)22(29)24-13-16-5-7-20-17(12-16)4-3-11-31-20/h5-8,12,14,19H,3-4,9-11,13,15H2,1-2H3,(H,24,29). The van der Waals surface area contributed by atoms with E-state index in [4.69, 9.17) is 4.74 Å². The van der Waals surface area contributed by atoms with Gasteiger partial charge in [0.05, 0.1) is 12.2 Å². The highest BCUT2D eigenvalue weighted by Crippen LogP contribution is 2.25. The topological polar surface area (TPSA) is 83.9 Å². The highest BCUT2D eigenvalue weighted by molar-refractivity contribution is 5.94. The predicted molar refractivity (Wildman–Crippen MR) is 116 cm³/mol. The number of likely N-dealkylation sites (N-methyl/N-ethyl adjacent to an activating group) is 1. The van der Waals surface area contributed by atoms with E-state index in [1.807, 2.05) is 24.1 Å². The smallest absolute Gasteiger partial charge is 0.255 e. The van der Waals surface area contributed by atoms with E-state index in [1.165, 1.54) is 28.5 Å². The summed E-state index contributed by atoms with van der Waals surface area (Å²) >= 11 is 0. The molecular formula is C23H28N4O4. The Morgan fingerprint density at radius 2 is 2.00 bits per heavy atom. The second-order valence-electron chi connectivity index (χ2n) is 8.23. The van der Waals surface area contributed by atoms with Crippen molar-refractivity contribution < 1.29 is 14.3 Å². The van der Waals surface area contributed by atoms with Gasteiger partial charge in [0, 0.05) is 45.5 Å². The summed E-state index contributed by atoms with van der Waals surface area (Å²) < 4.78 is 7.03. The van der Waals surface area contributed by atoms with Crippen LogP contribution >= 0.6 is 0 Å². The van der Waals surface area contributed by atoms with Crippen LogP contribution in [0.15, 0.2) is 41.3 Å². The first-order chi connectivity index (χ1) is 14.9. The molecule has 0 bridgehead atoms. The number of fused-ring (bicyclic) bond motifs is 1. The second-order valence-corrected chi connectivity index (χ2v) is 8.23. The molecule has 1 saturated heterocycles. The van der Waals surface area contributed by atoms with E-state index in [0.717, 1.165) is 30.8 Å². The van der Waals surface area contributed by atoms with Gasteiger partial charge in [-0.25, -0.2) is 0 Å². The molecule has 3 heterocycles. The fraction of sp³-hybridized carbons (Fsp3) is 0.435. The van der Waals surface area contributed by atoms with E-state index >= 15 is 0 Å². The zero-order chi connectivity index (χ0) is 22.0. The maximum Gasteiger partial charge on any atom is 0.255 e. The molecule has 4 rings (SSSR count). The lowest BCUT2D eigenvalue weighted by atomic mass is 10.0. The molecule has 1 fully saturated rings. The number of piperazine rings is 1. The van der Waals surface area contributed by atoms with Crippen LogP contribution in [0.4, 0.5) is 0 Å². The van der Waals surface area contributed by atoms with E-state index in [0.29, 0.717) is 31.7 Å². The number of nitrogens with one attached hydrogen (secondary N) is 1. The van der Waals surface area contributed by atoms with Crippen molar-refractivity contribution in [2.45, 2.75) is 25.4 Å². The van der Waals surface area contributed by atoms with Crippen molar-refractivity contribution >= 4 is 11.8 Å². The summed E-state index contributed by atoms with van der Waals surface area (Å²) in [6.07, 6.45) is 3.54. The summed E-state index contributed by atoms with van der Waals surface area (Å²) in [5.74, 6) is 0.659. The van der Waals surface area contributed by atoms with Gasteiger partial charge in [-0.05, 0) is 43.1 Å². The highest BCUT2D eigenvalue weighted by Gasteiger charge is 2.32. The summed E-state index contributed by atoms with van der Waals surface area (Å²) in [4.78, 5) is 41.1. The SMILES string of the molecule is CN1CCN(C(=O)c2ccc(=O)n(C)c2)CC1C(=O)NCc1ccc2c(c1)CCCO2. The Labute approximate surface area is 181 Å². The Bertz CT molecular complexity index is 1050. The van der Waals surface area contributed by atoms with Crippen LogP contribution < -0.4 is 15.6 Å². The quantitative estimate of drug-likeness (QED) is 0.784. The van der Waals surface area contributed by atoms with Gasteiger partial charge in [0.2, 0.25) is 11.5 Å². The van der Waals surface area contributed by atoms with Gasteiger partial charge in [0.1, 0.15) is 11.8 Å². The third-order valence-corrected chi connectivity index (χ3v) is 6.01. The van der Waals surface area contributed by atoms with Gasteiger partial charge in [0.25, 0.3) is 5.91 Å². The number of amides is 2. The summed E-state index contributed by atoms with van der Waals surface area (Å²) in [7, 11) is 3.51. The van der Waals surface area contributed by atoms with E-state index < -0.39 is 6.04 Å². The molecule has 8 heteroatoms. The maximum atomic E-state index is 12.9. The van der Waals surface area contributed by atoms with Crippen molar-refractivity contribution in [3.8, 4) is 5.75 Å². The summed E-state index contributed by atoms with van der Waals surface area (Å²) in [5, 5.41) is 3.02. The molecule has 2 aromatic rings. The normalized spacial score (nSPS) is 18.8. The van der Waals surface area contributed by atoms with Crippen LogP contribution in [0.1, 0.15) is 27.9 Å². The zero-order valence-corrected chi connectivity index (χ0v) is 18.0. The molecule has 31 heavy (non-hydrogen) atoms. The number of benzene rings is 1. The van der Waals surface area contributed by atoms with Crippen molar-refractivity contribution in [1.29, 1.82) is 0 Å². The fourth-order valence-corrected chi connectivity index (χ4v) is 4.07. The molecule has 0 saturated carbocycles. The number of aryl methyl sites for hydroxylation is 2. The zero-order valence-electron chi connectivity index (χ0n) is 18.0. The first-order valence-corrected chi connectivity index (χ1v) is 10.6. The second kappa shape index (κ2) is 8.93. The average molecular weight is 425 g/mol. The Hall–Kier alpha value is -3.13. The number of hydrogen-bond donors (Lipinski definition) is 1.